The molecule has 0 unspecified atom stereocenters. The molecule has 0 saturated heterocycles. The lowest BCUT2D eigenvalue weighted by molar-refractivity contribution is 0.174. The topological polar surface area (TPSA) is 74.9 Å². The summed E-state index contributed by atoms with van der Waals surface area (Å²) in [7, 11) is 0. The highest BCUT2D eigenvalue weighted by molar-refractivity contribution is 6.37. The Hall–Kier alpha value is -3.55. The molecule has 1 fully saturated rings. The van der Waals surface area contributed by atoms with Gasteiger partial charge in [-0.1, -0.05) is 60.7 Å². The molecule has 0 atom stereocenters. The van der Waals surface area contributed by atoms with E-state index in [9.17, 15) is 4.79 Å². The van der Waals surface area contributed by atoms with Crippen LogP contribution in [0, 0.1) is 0 Å². The lowest BCUT2D eigenvalue weighted by atomic mass is 9.88. The zero-order valence-corrected chi connectivity index (χ0v) is 22.0. The first-order valence-corrected chi connectivity index (χ1v) is 13.4. The highest BCUT2D eigenvalue weighted by Gasteiger charge is 2.22. The number of rotatable bonds is 6. The zero-order valence-electron chi connectivity index (χ0n) is 20.5. The van der Waals surface area contributed by atoms with Gasteiger partial charge >= 0.3 is 0 Å². The smallest absolute Gasteiger partial charge is 0.282 e. The fraction of sp³-hybridized carbons (Fsp3) is 0.276. The number of aromatic nitrogens is 2. The minimum absolute atomic E-state index is 0.187. The van der Waals surface area contributed by atoms with Crippen molar-refractivity contribution in [2.75, 3.05) is 6.79 Å². The Morgan fingerprint density at radius 3 is 2.58 bits per heavy atom. The van der Waals surface area contributed by atoms with Crippen LogP contribution < -0.4 is 19.8 Å². The van der Waals surface area contributed by atoms with Crippen LogP contribution in [-0.4, -0.2) is 22.7 Å². The maximum Gasteiger partial charge on any atom is 0.282 e. The van der Waals surface area contributed by atoms with Gasteiger partial charge in [-0.15, -0.1) is 0 Å². The van der Waals surface area contributed by atoms with E-state index in [1.807, 2.05) is 36.4 Å². The van der Waals surface area contributed by atoms with Crippen molar-refractivity contribution in [1.82, 2.24) is 9.66 Å². The van der Waals surface area contributed by atoms with Gasteiger partial charge in [-0.05, 0) is 60.4 Å². The fourth-order valence-electron chi connectivity index (χ4n) is 4.98. The normalized spacial score (nSPS) is 15.4. The summed E-state index contributed by atoms with van der Waals surface area (Å²) in [4.78, 5) is 18.3. The van der Waals surface area contributed by atoms with Crippen LogP contribution in [-0.2, 0) is 6.61 Å². The molecule has 1 aliphatic heterocycles. The van der Waals surface area contributed by atoms with E-state index < -0.39 is 0 Å². The molecule has 1 aliphatic carbocycles. The fourth-order valence-corrected chi connectivity index (χ4v) is 5.59. The minimum atomic E-state index is -0.187. The van der Waals surface area contributed by atoms with Crippen LogP contribution in [0.15, 0.2) is 64.5 Å². The molecule has 9 heteroatoms. The summed E-state index contributed by atoms with van der Waals surface area (Å²) in [6, 6.07) is 16.4. The van der Waals surface area contributed by atoms with E-state index in [1.54, 1.807) is 24.4 Å². The van der Waals surface area contributed by atoms with Gasteiger partial charge in [0.2, 0.25) is 6.79 Å². The van der Waals surface area contributed by atoms with Crippen molar-refractivity contribution in [1.29, 1.82) is 0 Å². The average molecular weight is 550 g/mol. The summed E-state index contributed by atoms with van der Waals surface area (Å²) in [5.41, 5.74) is 2.04. The number of benzene rings is 3. The monoisotopic (exact) mass is 549 g/mol. The third-order valence-corrected chi connectivity index (χ3v) is 7.47. The molecule has 194 valence electrons. The molecule has 4 aromatic rings. The second kappa shape index (κ2) is 10.7. The first-order chi connectivity index (χ1) is 18.6. The van der Waals surface area contributed by atoms with Crippen molar-refractivity contribution in [3.63, 3.8) is 0 Å². The largest absolute Gasteiger partial charge is 0.486 e. The predicted molar refractivity (Wildman–Crippen MR) is 148 cm³/mol. The number of para-hydroxylation sites is 1. The number of ether oxygens (including phenoxy) is 3. The second-order valence-corrected chi connectivity index (χ2v) is 10.3. The molecule has 38 heavy (non-hydrogen) atoms. The Kier molecular flexibility index (Phi) is 6.96. The van der Waals surface area contributed by atoms with Gasteiger partial charge in [0.1, 0.15) is 12.4 Å². The molecule has 0 N–H and O–H groups in total. The predicted octanol–water partition coefficient (Wildman–Crippen LogP) is 6.94. The lowest BCUT2D eigenvalue weighted by Gasteiger charge is -2.22. The average Bonchev–Trinajstić information content (AvgIpc) is 3.40. The number of halogens is 2. The molecule has 1 saturated carbocycles. The molecule has 6 rings (SSSR count). The summed E-state index contributed by atoms with van der Waals surface area (Å²) >= 11 is 13.1. The van der Waals surface area contributed by atoms with Gasteiger partial charge in [-0.25, -0.2) is 4.98 Å². The van der Waals surface area contributed by atoms with Gasteiger partial charge in [0, 0.05) is 5.92 Å². The summed E-state index contributed by atoms with van der Waals surface area (Å²) in [5.74, 6) is 2.65. The highest BCUT2D eigenvalue weighted by Crippen LogP contribution is 2.36. The summed E-state index contributed by atoms with van der Waals surface area (Å²) in [6.07, 6.45) is 7.02. The van der Waals surface area contributed by atoms with Crippen LogP contribution in [0.3, 0.4) is 0 Å². The van der Waals surface area contributed by atoms with E-state index in [2.05, 4.69) is 5.10 Å². The second-order valence-electron chi connectivity index (χ2n) is 9.47. The molecule has 0 spiro atoms. The Bertz CT molecular complexity index is 1570. The maximum absolute atomic E-state index is 13.4. The molecular weight excluding hydrogens is 525 g/mol. The van der Waals surface area contributed by atoms with Crippen molar-refractivity contribution >= 4 is 40.3 Å². The van der Waals surface area contributed by atoms with Gasteiger partial charge in [0.05, 0.1) is 27.2 Å². The van der Waals surface area contributed by atoms with E-state index in [0.717, 1.165) is 31.2 Å². The van der Waals surface area contributed by atoms with Crippen LogP contribution >= 0.6 is 23.2 Å². The maximum atomic E-state index is 13.4. The number of fused-ring (bicyclic) bond motifs is 2. The highest BCUT2D eigenvalue weighted by atomic mass is 35.5. The molecule has 3 aromatic carbocycles. The van der Waals surface area contributed by atoms with Crippen LogP contribution in [0.4, 0.5) is 0 Å². The third kappa shape index (κ3) is 4.96. The van der Waals surface area contributed by atoms with Gasteiger partial charge < -0.3 is 14.2 Å². The lowest BCUT2D eigenvalue weighted by Crippen LogP contribution is -2.25. The van der Waals surface area contributed by atoms with Crippen molar-refractivity contribution in [2.24, 2.45) is 5.10 Å². The van der Waals surface area contributed by atoms with Crippen LogP contribution in [0.1, 0.15) is 55.0 Å². The van der Waals surface area contributed by atoms with E-state index >= 15 is 0 Å². The molecule has 1 aromatic heterocycles. The Morgan fingerprint density at radius 1 is 1.00 bits per heavy atom. The van der Waals surface area contributed by atoms with Crippen molar-refractivity contribution in [2.45, 2.75) is 44.6 Å². The molecule has 0 bridgehead atoms. The molecule has 2 aliphatic rings. The quantitative estimate of drug-likeness (QED) is 0.243. The van der Waals surface area contributed by atoms with E-state index in [0.29, 0.717) is 49.6 Å². The number of hydrogen-bond donors (Lipinski definition) is 0. The van der Waals surface area contributed by atoms with Crippen LogP contribution in [0.25, 0.3) is 10.9 Å². The van der Waals surface area contributed by atoms with E-state index in [1.165, 1.54) is 11.1 Å². The standard InChI is InChI=1S/C29H25Cl2N3O4/c30-22-12-19(13-23(31)27(22)36-16-18-10-11-25-26(14-18)38-17-37-25)15-32-34-28(20-6-2-1-3-7-20)33-24-9-5-4-8-21(24)29(34)35/h4-5,8-15,20H,1-3,6-7,16-17H2. The van der Waals surface area contributed by atoms with E-state index in [-0.39, 0.29) is 24.9 Å². The van der Waals surface area contributed by atoms with Crippen molar-refractivity contribution in [3.05, 3.63) is 91.9 Å². The molecule has 2 heterocycles. The van der Waals surface area contributed by atoms with Gasteiger partial charge in [0.25, 0.3) is 5.56 Å². The molecular formula is C29H25Cl2N3O4. The van der Waals surface area contributed by atoms with Crippen molar-refractivity contribution in [3.8, 4) is 17.2 Å². The van der Waals surface area contributed by atoms with Crippen LogP contribution in [0.5, 0.6) is 17.2 Å². The molecule has 7 nitrogen and oxygen atoms in total. The van der Waals surface area contributed by atoms with Gasteiger partial charge in [0.15, 0.2) is 17.2 Å². The first kappa shape index (κ1) is 24.8. The first-order valence-electron chi connectivity index (χ1n) is 12.6. The number of nitrogens with zero attached hydrogens (tertiary/aromatic N) is 3. The SMILES string of the molecule is O=c1c2ccccc2nc(C2CCCCC2)n1N=Cc1cc(Cl)c(OCc2ccc3c(c2)OCO3)c(Cl)c1. The van der Waals surface area contributed by atoms with Crippen molar-refractivity contribution < 1.29 is 14.2 Å². The summed E-state index contributed by atoms with van der Waals surface area (Å²) in [5, 5.41) is 5.79. The zero-order chi connectivity index (χ0) is 26.1. The van der Waals surface area contributed by atoms with Gasteiger partial charge in [-0.2, -0.15) is 9.78 Å². The molecule has 0 amide bonds. The minimum Gasteiger partial charge on any atom is -0.486 e. The van der Waals surface area contributed by atoms with Crippen LogP contribution in [0.2, 0.25) is 10.0 Å². The van der Waals surface area contributed by atoms with E-state index in [4.69, 9.17) is 42.4 Å². The Morgan fingerprint density at radius 2 is 1.76 bits per heavy atom. The summed E-state index contributed by atoms with van der Waals surface area (Å²) < 4.78 is 18.1. The molecule has 0 radical (unpaired) electrons. The Labute approximate surface area is 229 Å². The van der Waals surface area contributed by atoms with Gasteiger partial charge in [-0.3, -0.25) is 4.79 Å². The Balaban J connectivity index is 1.27. The third-order valence-electron chi connectivity index (χ3n) is 6.91. The number of hydrogen-bond acceptors (Lipinski definition) is 6. The summed E-state index contributed by atoms with van der Waals surface area (Å²) in [6.45, 7) is 0.469.